The molecular formula is C19H25F5O4S. The SMILES string of the molecule is C=C/C(=C1/CC(F)(F)[C@@H](O)/C1=C(/C)S(=O)(=O)C(F)(F)F)[C@@H]1CC(C)(C)CC[C@H]1O. The van der Waals surface area contributed by atoms with Gasteiger partial charge in [0.15, 0.2) is 0 Å². The summed E-state index contributed by atoms with van der Waals surface area (Å²) < 4.78 is 91.4. The third kappa shape index (κ3) is 4.29. The fourth-order valence-corrected chi connectivity index (χ4v) is 5.05. The molecule has 0 aromatic carbocycles. The highest BCUT2D eigenvalue weighted by atomic mass is 32.2. The van der Waals surface area contributed by atoms with Crippen LogP contribution < -0.4 is 0 Å². The first-order valence-corrected chi connectivity index (χ1v) is 10.6. The van der Waals surface area contributed by atoms with E-state index in [4.69, 9.17) is 0 Å². The number of alkyl halides is 5. The van der Waals surface area contributed by atoms with Gasteiger partial charge in [0.1, 0.15) is 6.10 Å². The molecule has 0 aliphatic heterocycles. The van der Waals surface area contributed by atoms with Gasteiger partial charge >= 0.3 is 5.51 Å². The van der Waals surface area contributed by atoms with E-state index >= 15 is 0 Å². The zero-order chi connectivity index (χ0) is 22.6. The maximum absolute atomic E-state index is 14.3. The van der Waals surface area contributed by atoms with Crippen LogP contribution in [-0.2, 0) is 9.84 Å². The smallest absolute Gasteiger partial charge is 0.392 e. The standard InChI is InChI=1S/C19H25F5O4S/c1-5-11(12-8-17(3,4)7-6-14(12)25)13-9-18(20,21)16(26)15(13)10(2)29(27,28)19(22,23)24/h5,12,14,16,25-26H,1,6-9H2,2-4H3/b13-11+,15-10-/t12-,14+,16-/m0/s1. The second-order valence-corrected chi connectivity index (χ2v) is 10.6. The fourth-order valence-electron chi connectivity index (χ4n) is 4.17. The molecule has 0 heterocycles. The minimum Gasteiger partial charge on any atom is -0.392 e. The molecule has 2 fully saturated rings. The number of hydrogen-bond acceptors (Lipinski definition) is 4. The lowest BCUT2D eigenvalue weighted by atomic mass is 9.67. The summed E-state index contributed by atoms with van der Waals surface area (Å²) in [4.78, 5) is -1.37. The Morgan fingerprint density at radius 1 is 1.24 bits per heavy atom. The average Bonchev–Trinajstić information content (AvgIpc) is 2.79. The summed E-state index contributed by atoms with van der Waals surface area (Å²) in [6, 6.07) is 0. The van der Waals surface area contributed by atoms with Crippen molar-refractivity contribution in [3.63, 3.8) is 0 Å². The summed E-state index contributed by atoms with van der Waals surface area (Å²) in [6.45, 7) is 7.93. The van der Waals surface area contributed by atoms with Gasteiger partial charge in [0.2, 0.25) is 0 Å². The van der Waals surface area contributed by atoms with Crippen molar-refractivity contribution in [1.29, 1.82) is 0 Å². The monoisotopic (exact) mass is 444 g/mol. The molecule has 4 nitrogen and oxygen atoms in total. The van der Waals surface area contributed by atoms with Gasteiger partial charge in [0.05, 0.1) is 11.0 Å². The predicted octanol–water partition coefficient (Wildman–Crippen LogP) is 4.26. The molecule has 0 saturated heterocycles. The molecule has 2 aliphatic rings. The van der Waals surface area contributed by atoms with Crippen molar-refractivity contribution >= 4 is 9.84 Å². The van der Waals surface area contributed by atoms with Crippen LogP contribution in [-0.4, -0.2) is 42.3 Å². The Morgan fingerprint density at radius 3 is 2.28 bits per heavy atom. The molecule has 166 valence electrons. The normalized spacial score (nSPS) is 33.4. The average molecular weight is 444 g/mol. The van der Waals surface area contributed by atoms with Gasteiger partial charge in [-0.3, -0.25) is 0 Å². The lowest BCUT2D eigenvalue weighted by molar-refractivity contribution is -0.0737. The van der Waals surface area contributed by atoms with Crippen LogP contribution in [0.1, 0.15) is 46.5 Å². The molecule has 0 aromatic heterocycles. The molecule has 0 radical (unpaired) electrons. The molecule has 0 unspecified atom stereocenters. The highest BCUT2D eigenvalue weighted by molar-refractivity contribution is 7.96. The number of halogens is 5. The molecule has 0 spiro atoms. The number of allylic oxidation sites excluding steroid dienone is 2. The first-order valence-electron chi connectivity index (χ1n) is 9.08. The Balaban J connectivity index is 2.78. The zero-order valence-corrected chi connectivity index (χ0v) is 17.2. The van der Waals surface area contributed by atoms with Crippen LogP contribution in [0.4, 0.5) is 22.0 Å². The van der Waals surface area contributed by atoms with Crippen LogP contribution in [0.3, 0.4) is 0 Å². The molecule has 29 heavy (non-hydrogen) atoms. The van der Waals surface area contributed by atoms with Gasteiger partial charge < -0.3 is 10.2 Å². The van der Waals surface area contributed by atoms with Crippen LogP contribution in [0.15, 0.2) is 34.3 Å². The molecule has 0 aromatic rings. The molecular weight excluding hydrogens is 419 g/mol. The largest absolute Gasteiger partial charge is 0.501 e. The summed E-state index contributed by atoms with van der Waals surface area (Å²) in [6.07, 6.45) is -2.29. The highest BCUT2D eigenvalue weighted by Gasteiger charge is 2.55. The fraction of sp³-hybridized carbons (Fsp3) is 0.684. The van der Waals surface area contributed by atoms with Gasteiger partial charge in [-0.05, 0) is 42.7 Å². The number of sulfone groups is 1. The topological polar surface area (TPSA) is 74.6 Å². The molecule has 3 atom stereocenters. The van der Waals surface area contributed by atoms with Gasteiger partial charge in [0.25, 0.3) is 15.8 Å². The van der Waals surface area contributed by atoms with Gasteiger partial charge in [-0.15, -0.1) is 0 Å². The van der Waals surface area contributed by atoms with Crippen molar-refractivity contribution in [3.05, 3.63) is 34.3 Å². The molecule has 0 amide bonds. The van der Waals surface area contributed by atoms with Crippen LogP contribution in [0, 0.1) is 11.3 Å². The Hall–Kier alpha value is -1.26. The van der Waals surface area contributed by atoms with Crippen molar-refractivity contribution in [2.75, 3.05) is 0 Å². The number of rotatable bonds is 3. The van der Waals surface area contributed by atoms with E-state index in [-0.39, 0.29) is 11.0 Å². The highest BCUT2D eigenvalue weighted by Crippen LogP contribution is 2.51. The second-order valence-electron chi connectivity index (χ2n) is 8.48. The first kappa shape index (κ1) is 24.0. The maximum Gasteiger partial charge on any atom is 0.501 e. The molecule has 10 heteroatoms. The number of aliphatic hydroxyl groups is 2. The second kappa shape index (κ2) is 7.46. The van der Waals surface area contributed by atoms with Gasteiger partial charge in [-0.25, -0.2) is 17.2 Å². The van der Waals surface area contributed by atoms with Gasteiger partial charge in [-0.1, -0.05) is 26.5 Å². The van der Waals surface area contributed by atoms with Crippen molar-refractivity contribution in [1.82, 2.24) is 0 Å². The van der Waals surface area contributed by atoms with Crippen molar-refractivity contribution < 1.29 is 40.6 Å². The zero-order valence-electron chi connectivity index (χ0n) is 16.4. The first-order chi connectivity index (χ1) is 13.0. The van der Waals surface area contributed by atoms with E-state index in [0.29, 0.717) is 26.2 Å². The van der Waals surface area contributed by atoms with Crippen molar-refractivity contribution in [3.8, 4) is 0 Å². The minimum atomic E-state index is -5.93. The van der Waals surface area contributed by atoms with E-state index in [1.54, 1.807) is 0 Å². The molecule has 2 N–H and O–H groups in total. The molecule has 2 rings (SSSR count). The Labute approximate surface area is 166 Å². The Morgan fingerprint density at radius 2 is 1.79 bits per heavy atom. The third-order valence-corrected chi connectivity index (χ3v) is 7.46. The summed E-state index contributed by atoms with van der Waals surface area (Å²) in [5.74, 6) is -4.57. The summed E-state index contributed by atoms with van der Waals surface area (Å²) in [5.41, 5.74) is -7.28. The van der Waals surface area contributed by atoms with E-state index in [1.165, 1.54) is 0 Å². The summed E-state index contributed by atoms with van der Waals surface area (Å²) >= 11 is 0. The third-order valence-electron chi connectivity index (χ3n) is 5.82. The van der Waals surface area contributed by atoms with E-state index in [9.17, 15) is 40.6 Å². The van der Waals surface area contributed by atoms with Crippen LogP contribution in [0.5, 0.6) is 0 Å². The van der Waals surface area contributed by atoms with Gasteiger partial charge in [-0.2, -0.15) is 13.2 Å². The predicted molar refractivity (Wildman–Crippen MR) is 97.6 cm³/mol. The number of aliphatic hydroxyl groups excluding tert-OH is 2. The van der Waals surface area contributed by atoms with E-state index < -0.39 is 61.9 Å². The van der Waals surface area contributed by atoms with Crippen LogP contribution in [0.2, 0.25) is 0 Å². The summed E-state index contributed by atoms with van der Waals surface area (Å²) in [5, 5.41) is 20.5. The lowest BCUT2D eigenvalue weighted by Crippen LogP contribution is -2.34. The van der Waals surface area contributed by atoms with Crippen molar-refractivity contribution in [2.24, 2.45) is 11.3 Å². The lowest BCUT2D eigenvalue weighted by Gasteiger charge is -2.40. The molecule has 2 aliphatic carbocycles. The van der Waals surface area contributed by atoms with E-state index in [1.807, 2.05) is 13.8 Å². The van der Waals surface area contributed by atoms with Crippen LogP contribution >= 0.6 is 0 Å². The summed E-state index contributed by atoms with van der Waals surface area (Å²) in [7, 11) is -5.93. The Kier molecular flexibility index (Phi) is 6.18. The molecule has 2 saturated carbocycles. The van der Waals surface area contributed by atoms with E-state index in [2.05, 4.69) is 6.58 Å². The quantitative estimate of drug-likeness (QED) is 0.638. The van der Waals surface area contributed by atoms with E-state index in [0.717, 1.165) is 6.08 Å². The Bertz CT molecular complexity index is 852. The number of hydrogen-bond donors (Lipinski definition) is 2. The van der Waals surface area contributed by atoms with Crippen LogP contribution in [0.25, 0.3) is 0 Å². The van der Waals surface area contributed by atoms with Crippen molar-refractivity contribution in [2.45, 2.75) is 70.1 Å². The van der Waals surface area contributed by atoms with Gasteiger partial charge in [0, 0.05) is 17.9 Å². The minimum absolute atomic E-state index is 0.0493. The maximum atomic E-state index is 14.3. The molecule has 0 bridgehead atoms.